The summed E-state index contributed by atoms with van der Waals surface area (Å²) in [6.07, 6.45) is 0.844. The lowest BCUT2D eigenvalue weighted by Crippen LogP contribution is -2.24. The third-order valence-corrected chi connectivity index (χ3v) is 6.90. The average molecular weight is 487 g/mol. The predicted octanol–water partition coefficient (Wildman–Crippen LogP) is 5.76. The quantitative estimate of drug-likeness (QED) is 0.0912. The van der Waals surface area contributed by atoms with Crippen LogP contribution in [-0.4, -0.2) is 22.3 Å². The molecule has 0 atom stereocenters. The van der Waals surface area contributed by atoms with Gasteiger partial charge in [0, 0.05) is 30.4 Å². The third kappa shape index (κ3) is 4.88. The van der Waals surface area contributed by atoms with Crippen molar-refractivity contribution in [2.45, 2.75) is 43.8 Å². The van der Waals surface area contributed by atoms with E-state index < -0.39 is 5.63 Å². The van der Waals surface area contributed by atoms with Crippen LogP contribution in [0.15, 0.2) is 85.9 Å². The number of aromatic nitrogens is 2. The fourth-order valence-electron chi connectivity index (χ4n) is 4.27. The van der Waals surface area contributed by atoms with Gasteiger partial charge in [-0.05, 0) is 54.8 Å². The Kier molecular flexibility index (Phi) is 6.70. The van der Waals surface area contributed by atoms with E-state index in [4.69, 9.17) is 14.1 Å². The molecule has 0 bridgehead atoms. The van der Waals surface area contributed by atoms with Gasteiger partial charge in [-0.1, -0.05) is 54.2 Å². The molecule has 7 heteroatoms. The van der Waals surface area contributed by atoms with E-state index in [0.29, 0.717) is 47.0 Å². The maximum Gasteiger partial charge on any atom is 0.336 e. The van der Waals surface area contributed by atoms with Crippen LogP contribution in [-0.2, 0) is 17.0 Å². The van der Waals surface area contributed by atoms with Crippen LogP contribution >= 0.6 is 11.8 Å². The number of hydrogen-bond acceptors (Lipinski definition) is 6. The standard InChI is InChI=1S/C28H26N2O4S/c1-18(2)33-15-7-14-30-27(32)22-10-5-6-11-23(22)29-28(30)35-17-20-16-25(31)34-24-13-12-19-8-3-4-9-21(19)26(20)24/h3-6,8-13,16,18H,7,14-15,17H2,1-2H3. The SMILES string of the molecule is CC(C)OCCCn1c(SCc2cc(=O)oc3ccc4ccccc4c23)nc2ccccc2c1=O. The van der Waals surface area contributed by atoms with Gasteiger partial charge in [-0.2, -0.15) is 0 Å². The summed E-state index contributed by atoms with van der Waals surface area (Å²) in [6, 6.07) is 20.8. The number of fused-ring (bicyclic) bond motifs is 4. The minimum absolute atomic E-state index is 0.0643. The summed E-state index contributed by atoms with van der Waals surface area (Å²) in [5, 5.41) is 4.23. The van der Waals surface area contributed by atoms with Crippen molar-refractivity contribution in [3.05, 3.63) is 93.1 Å². The normalized spacial score (nSPS) is 11.7. The molecule has 0 aliphatic rings. The first kappa shape index (κ1) is 23.3. The third-order valence-electron chi connectivity index (χ3n) is 5.88. The van der Waals surface area contributed by atoms with Crippen LogP contribution in [0.1, 0.15) is 25.8 Å². The van der Waals surface area contributed by atoms with Crippen LogP contribution in [0.25, 0.3) is 32.6 Å². The van der Waals surface area contributed by atoms with Crippen molar-refractivity contribution in [3.8, 4) is 0 Å². The molecule has 6 nitrogen and oxygen atoms in total. The molecule has 178 valence electrons. The number of hydrogen-bond donors (Lipinski definition) is 0. The summed E-state index contributed by atoms with van der Waals surface area (Å²) < 4.78 is 12.9. The van der Waals surface area contributed by atoms with E-state index in [1.807, 2.05) is 74.5 Å². The second-order valence-electron chi connectivity index (χ2n) is 8.68. The molecular weight excluding hydrogens is 460 g/mol. The Labute approximate surface area is 206 Å². The summed E-state index contributed by atoms with van der Waals surface area (Å²) in [5.74, 6) is 0.476. The summed E-state index contributed by atoms with van der Waals surface area (Å²) in [4.78, 5) is 30.5. The minimum Gasteiger partial charge on any atom is -0.423 e. The van der Waals surface area contributed by atoms with Crippen molar-refractivity contribution < 1.29 is 9.15 Å². The Morgan fingerprint density at radius 2 is 1.77 bits per heavy atom. The molecule has 0 N–H and O–H groups in total. The Bertz CT molecular complexity index is 1640. The zero-order chi connectivity index (χ0) is 24.4. The first-order valence-electron chi connectivity index (χ1n) is 11.7. The van der Waals surface area contributed by atoms with E-state index in [0.717, 1.165) is 21.7 Å². The molecule has 2 heterocycles. The number of ether oxygens (including phenoxy) is 1. The largest absolute Gasteiger partial charge is 0.423 e. The second kappa shape index (κ2) is 10.1. The first-order chi connectivity index (χ1) is 17.0. The van der Waals surface area contributed by atoms with Crippen molar-refractivity contribution in [2.24, 2.45) is 0 Å². The van der Waals surface area contributed by atoms with Gasteiger partial charge >= 0.3 is 5.63 Å². The molecule has 35 heavy (non-hydrogen) atoms. The predicted molar refractivity (Wildman–Crippen MR) is 141 cm³/mol. The van der Waals surface area contributed by atoms with Crippen molar-refractivity contribution in [3.63, 3.8) is 0 Å². The van der Waals surface area contributed by atoms with Crippen molar-refractivity contribution in [1.29, 1.82) is 0 Å². The van der Waals surface area contributed by atoms with Crippen molar-refractivity contribution in [2.75, 3.05) is 6.61 Å². The zero-order valence-electron chi connectivity index (χ0n) is 19.7. The van der Waals surface area contributed by atoms with Gasteiger partial charge in [0.25, 0.3) is 5.56 Å². The van der Waals surface area contributed by atoms with Crippen LogP contribution < -0.4 is 11.2 Å². The molecule has 0 unspecified atom stereocenters. The number of rotatable bonds is 8. The minimum atomic E-state index is -0.391. The van der Waals surface area contributed by atoms with E-state index in [-0.39, 0.29) is 11.7 Å². The maximum atomic E-state index is 13.3. The van der Waals surface area contributed by atoms with Crippen LogP contribution in [0.2, 0.25) is 0 Å². The highest BCUT2D eigenvalue weighted by Crippen LogP contribution is 2.31. The van der Waals surface area contributed by atoms with Gasteiger partial charge in [-0.3, -0.25) is 9.36 Å². The maximum absolute atomic E-state index is 13.3. The number of thioether (sulfide) groups is 1. The van der Waals surface area contributed by atoms with E-state index >= 15 is 0 Å². The summed E-state index contributed by atoms with van der Waals surface area (Å²) >= 11 is 1.46. The Morgan fingerprint density at radius 1 is 1.00 bits per heavy atom. The molecule has 0 fully saturated rings. The van der Waals surface area contributed by atoms with Gasteiger partial charge < -0.3 is 9.15 Å². The smallest absolute Gasteiger partial charge is 0.336 e. The lowest BCUT2D eigenvalue weighted by Gasteiger charge is -2.14. The van der Waals surface area contributed by atoms with Gasteiger partial charge in [-0.25, -0.2) is 9.78 Å². The lowest BCUT2D eigenvalue weighted by atomic mass is 10.0. The summed E-state index contributed by atoms with van der Waals surface area (Å²) in [7, 11) is 0. The summed E-state index contributed by atoms with van der Waals surface area (Å²) in [6.45, 7) is 5.06. The molecule has 0 aliphatic carbocycles. The number of para-hydroxylation sites is 1. The Hall–Kier alpha value is -3.42. The Balaban J connectivity index is 1.54. The lowest BCUT2D eigenvalue weighted by molar-refractivity contribution is 0.0743. The molecule has 0 aliphatic heterocycles. The monoisotopic (exact) mass is 486 g/mol. The van der Waals surface area contributed by atoms with E-state index in [1.54, 1.807) is 10.6 Å². The highest BCUT2D eigenvalue weighted by atomic mass is 32.2. The van der Waals surface area contributed by atoms with Gasteiger partial charge in [0.2, 0.25) is 0 Å². The van der Waals surface area contributed by atoms with Crippen molar-refractivity contribution >= 4 is 44.4 Å². The molecule has 0 saturated carbocycles. The van der Waals surface area contributed by atoms with Gasteiger partial charge in [-0.15, -0.1) is 0 Å². The fraction of sp³-hybridized carbons (Fsp3) is 0.250. The molecule has 0 radical (unpaired) electrons. The molecule has 3 aromatic carbocycles. The van der Waals surface area contributed by atoms with Crippen LogP contribution in [0.4, 0.5) is 0 Å². The van der Waals surface area contributed by atoms with Gasteiger partial charge in [0.15, 0.2) is 5.16 Å². The van der Waals surface area contributed by atoms with Crippen LogP contribution in [0.3, 0.4) is 0 Å². The zero-order valence-corrected chi connectivity index (χ0v) is 20.5. The molecule has 0 saturated heterocycles. The van der Waals surface area contributed by atoms with Crippen LogP contribution in [0, 0.1) is 0 Å². The molecule has 5 aromatic rings. The second-order valence-corrected chi connectivity index (χ2v) is 9.62. The fourth-order valence-corrected chi connectivity index (χ4v) is 5.28. The number of nitrogens with zero attached hydrogens (tertiary/aromatic N) is 2. The van der Waals surface area contributed by atoms with Gasteiger partial charge in [0.05, 0.1) is 17.0 Å². The highest BCUT2D eigenvalue weighted by molar-refractivity contribution is 7.98. The van der Waals surface area contributed by atoms with Crippen LogP contribution in [0.5, 0.6) is 0 Å². The average Bonchev–Trinajstić information content (AvgIpc) is 2.85. The molecular formula is C28H26N2O4S. The number of benzene rings is 3. The topological polar surface area (TPSA) is 74.3 Å². The van der Waals surface area contributed by atoms with E-state index in [2.05, 4.69) is 0 Å². The van der Waals surface area contributed by atoms with Gasteiger partial charge in [0.1, 0.15) is 5.58 Å². The van der Waals surface area contributed by atoms with E-state index in [1.165, 1.54) is 11.8 Å². The Morgan fingerprint density at radius 3 is 2.60 bits per heavy atom. The van der Waals surface area contributed by atoms with E-state index in [9.17, 15) is 9.59 Å². The molecule has 0 amide bonds. The first-order valence-corrected chi connectivity index (χ1v) is 12.7. The summed E-state index contributed by atoms with van der Waals surface area (Å²) in [5.41, 5.74) is 1.62. The molecule has 0 spiro atoms. The molecule has 5 rings (SSSR count). The van der Waals surface area contributed by atoms with Crippen molar-refractivity contribution in [1.82, 2.24) is 9.55 Å². The highest BCUT2D eigenvalue weighted by Gasteiger charge is 2.15. The molecule has 2 aromatic heterocycles.